The summed E-state index contributed by atoms with van der Waals surface area (Å²) in [7, 11) is -2.04. The number of nitrogens with zero attached hydrogens (tertiary/aromatic N) is 1. The highest BCUT2D eigenvalue weighted by atomic mass is 32.2. The van der Waals surface area contributed by atoms with Crippen LogP contribution in [-0.4, -0.2) is 32.0 Å². The fourth-order valence-corrected chi connectivity index (χ4v) is 5.76. The van der Waals surface area contributed by atoms with Crippen molar-refractivity contribution in [1.29, 1.82) is 0 Å². The summed E-state index contributed by atoms with van der Waals surface area (Å²) in [5, 5.41) is 3.57. The third-order valence-corrected chi connectivity index (χ3v) is 7.19. The third kappa shape index (κ3) is 4.42. The molecule has 0 fully saturated rings. The van der Waals surface area contributed by atoms with Crippen LogP contribution in [0.15, 0.2) is 47.5 Å². The summed E-state index contributed by atoms with van der Waals surface area (Å²) >= 11 is 0. The highest BCUT2D eigenvalue weighted by molar-refractivity contribution is 7.89. The Morgan fingerprint density at radius 1 is 1.07 bits per heavy atom. The Labute approximate surface area is 178 Å². The third-order valence-electron chi connectivity index (χ3n) is 5.37. The van der Waals surface area contributed by atoms with E-state index in [4.69, 9.17) is 0 Å². The molecule has 1 atom stereocenters. The Bertz CT molecular complexity index is 1170. The van der Waals surface area contributed by atoms with E-state index in [1.54, 1.807) is 13.1 Å². The van der Waals surface area contributed by atoms with Gasteiger partial charge in [0.2, 0.25) is 10.0 Å². The van der Waals surface area contributed by atoms with Crippen molar-refractivity contribution in [2.75, 3.05) is 7.05 Å². The van der Waals surface area contributed by atoms with Crippen molar-refractivity contribution in [1.82, 2.24) is 14.6 Å². The minimum atomic E-state index is -3.64. The van der Waals surface area contributed by atoms with Crippen LogP contribution in [0.1, 0.15) is 40.4 Å². The van der Waals surface area contributed by atoms with Gasteiger partial charge in [0.25, 0.3) is 5.91 Å². The quantitative estimate of drug-likeness (QED) is 0.604. The predicted octanol–water partition coefficient (Wildman–Crippen LogP) is 3.68. The molecule has 1 amide bonds. The summed E-state index contributed by atoms with van der Waals surface area (Å²) in [6.07, 6.45) is 2.58. The number of hydrogen-bond acceptors (Lipinski definition) is 3. The molecule has 0 saturated heterocycles. The standard InChI is InChI=1S/C23H29N3O3S/c1-6-20(25-30(28,29)22-16(3)11-15(2)12-17(22)4)14-26-10-9-18-13-19(23(27)24-5)7-8-21(18)26/h7-13,20,25H,6,14H2,1-5H3,(H,24,27)/t20-/m1/s1. The fourth-order valence-electron chi connectivity index (χ4n) is 4.00. The van der Waals surface area contributed by atoms with Crippen molar-refractivity contribution in [3.05, 3.63) is 64.8 Å². The van der Waals surface area contributed by atoms with Gasteiger partial charge in [-0.15, -0.1) is 0 Å². The second-order valence-electron chi connectivity index (χ2n) is 7.78. The lowest BCUT2D eigenvalue weighted by Gasteiger charge is -2.20. The fraction of sp³-hybridized carbons (Fsp3) is 0.348. The van der Waals surface area contributed by atoms with Gasteiger partial charge in [-0.05, 0) is 62.6 Å². The Morgan fingerprint density at radius 2 is 1.73 bits per heavy atom. The summed E-state index contributed by atoms with van der Waals surface area (Å²) in [6.45, 7) is 8.10. The molecule has 2 aromatic carbocycles. The Hall–Kier alpha value is -2.64. The molecule has 0 saturated carbocycles. The van der Waals surface area contributed by atoms with E-state index in [0.717, 1.165) is 27.6 Å². The van der Waals surface area contributed by atoms with Crippen LogP contribution in [-0.2, 0) is 16.6 Å². The average molecular weight is 428 g/mol. The van der Waals surface area contributed by atoms with Crippen molar-refractivity contribution in [3.8, 4) is 0 Å². The number of sulfonamides is 1. The molecule has 0 radical (unpaired) electrons. The maximum atomic E-state index is 13.1. The molecule has 3 rings (SSSR count). The molecule has 3 aromatic rings. The van der Waals surface area contributed by atoms with Crippen LogP contribution < -0.4 is 10.0 Å². The van der Waals surface area contributed by atoms with Crippen LogP contribution >= 0.6 is 0 Å². The highest BCUT2D eigenvalue weighted by Gasteiger charge is 2.23. The van der Waals surface area contributed by atoms with Gasteiger partial charge in [-0.1, -0.05) is 24.6 Å². The first-order chi connectivity index (χ1) is 14.2. The van der Waals surface area contributed by atoms with Crippen molar-refractivity contribution in [2.45, 2.75) is 51.6 Å². The Balaban J connectivity index is 1.86. The van der Waals surface area contributed by atoms with E-state index in [1.807, 2.05) is 68.8 Å². The molecule has 2 N–H and O–H groups in total. The van der Waals surface area contributed by atoms with Crippen molar-refractivity contribution < 1.29 is 13.2 Å². The monoisotopic (exact) mass is 427 g/mol. The first-order valence-electron chi connectivity index (χ1n) is 10.1. The molecule has 0 bridgehead atoms. The van der Waals surface area contributed by atoms with Gasteiger partial charge >= 0.3 is 0 Å². The largest absolute Gasteiger partial charge is 0.355 e. The van der Waals surface area contributed by atoms with E-state index < -0.39 is 10.0 Å². The number of carbonyl (C=O) groups excluding carboxylic acids is 1. The second kappa shape index (κ2) is 8.62. The summed E-state index contributed by atoms with van der Waals surface area (Å²) in [5.74, 6) is -0.132. The van der Waals surface area contributed by atoms with Gasteiger partial charge in [0, 0.05) is 42.3 Å². The zero-order valence-corrected chi connectivity index (χ0v) is 18.9. The number of fused-ring (bicyclic) bond motifs is 1. The zero-order valence-electron chi connectivity index (χ0n) is 18.1. The van der Waals surface area contributed by atoms with E-state index in [-0.39, 0.29) is 11.9 Å². The lowest BCUT2D eigenvalue weighted by molar-refractivity contribution is 0.0963. The van der Waals surface area contributed by atoms with Gasteiger partial charge in [-0.25, -0.2) is 13.1 Å². The number of hydrogen-bond donors (Lipinski definition) is 2. The summed E-state index contributed by atoms with van der Waals surface area (Å²) in [4.78, 5) is 12.2. The lowest BCUT2D eigenvalue weighted by atomic mass is 10.1. The van der Waals surface area contributed by atoms with Crippen LogP contribution in [0.5, 0.6) is 0 Å². The van der Waals surface area contributed by atoms with Crippen molar-refractivity contribution in [3.63, 3.8) is 0 Å². The topological polar surface area (TPSA) is 80.2 Å². The smallest absolute Gasteiger partial charge is 0.251 e. The van der Waals surface area contributed by atoms with Crippen LogP contribution in [0.4, 0.5) is 0 Å². The van der Waals surface area contributed by atoms with Crippen LogP contribution in [0, 0.1) is 20.8 Å². The summed E-state index contributed by atoms with van der Waals surface area (Å²) < 4.78 is 31.2. The number of nitrogens with one attached hydrogen (secondary N) is 2. The average Bonchev–Trinajstić information content (AvgIpc) is 3.07. The number of aromatic nitrogens is 1. The SMILES string of the molecule is CC[C@H](Cn1ccc2cc(C(=O)NC)ccc21)NS(=O)(=O)c1c(C)cc(C)cc1C. The van der Waals surface area contributed by atoms with Gasteiger partial charge in [0.15, 0.2) is 0 Å². The first-order valence-corrected chi connectivity index (χ1v) is 11.6. The minimum Gasteiger partial charge on any atom is -0.355 e. The zero-order chi connectivity index (χ0) is 22.1. The number of amides is 1. The number of carbonyl (C=O) groups is 1. The summed E-state index contributed by atoms with van der Waals surface area (Å²) in [6, 6.07) is 11.0. The maximum Gasteiger partial charge on any atom is 0.251 e. The molecule has 6 nitrogen and oxygen atoms in total. The van der Waals surface area contributed by atoms with Crippen LogP contribution in [0.3, 0.4) is 0 Å². The molecule has 0 spiro atoms. The lowest BCUT2D eigenvalue weighted by Crippen LogP contribution is -2.38. The maximum absolute atomic E-state index is 13.1. The van der Waals surface area contributed by atoms with Crippen LogP contribution in [0.2, 0.25) is 0 Å². The van der Waals surface area contributed by atoms with E-state index in [2.05, 4.69) is 10.0 Å². The molecule has 1 aromatic heterocycles. The van der Waals surface area contributed by atoms with Gasteiger partial charge in [0.1, 0.15) is 0 Å². The minimum absolute atomic E-state index is 0.132. The van der Waals surface area contributed by atoms with Crippen LogP contribution in [0.25, 0.3) is 10.9 Å². The predicted molar refractivity (Wildman–Crippen MR) is 120 cm³/mol. The molecule has 30 heavy (non-hydrogen) atoms. The van der Waals surface area contributed by atoms with E-state index in [0.29, 0.717) is 23.4 Å². The number of rotatable bonds is 7. The molecule has 0 aliphatic rings. The Morgan fingerprint density at radius 3 is 2.33 bits per heavy atom. The Kier molecular flexibility index (Phi) is 6.33. The van der Waals surface area contributed by atoms with Gasteiger partial charge < -0.3 is 9.88 Å². The van der Waals surface area contributed by atoms with Crippen molar-refractivity contribution >= 4 is 26.8 Å². The van der Waals surface area contributed by atoms with Crippen molar-refractivity contribution in [2.24, 2.45) is 0 Å². The molecule has 7 heteroatoms. The molecule has 0 aliphatic heterocycles. The summed E-state index contributed by atoms with van der Waals surface area (Å²) in [5.41, 5.74) is 4.11. The first kappa shape index (κ1) is 22.1. The molecule has 1 heterocycles. The number of aryl methyl sites for hydroxylation is 3. The molecular formula is C23H29N3O3S. The van der Waals surface area contributed by atoms with E-state index >= 15 is 0 Å². The van der Waals surface area contributed by atoms with Gasteiger partial charge in [-0.3, -0.25) is 4.79 Å². The molecular weight excluding hydrogens is 398 g/mol. The van der Waals surface area contributed by atoms with Gasteiger partial charge in [-0.2, -0.15) is 0 Å². The number of benzene rings is 2. The molecule has 0 aliphatic carbocycles. The molecule has 0 unspecified atom stereocenters. The molecule has 160 valence electrons. The normalized spacial score (nSPS) is 12.8. The highest BCUT2D eigenvalue weighted by Crippen LogP contribution is 2.23. The van der Waals surface area contributed by atoms with E-state index in [1.165, 1.54) is 0 Å². The van der Waals surface area contributed by atoms with E-state index in [9.17, 15) is 13.2 Å². The second-order valence-corrected chi connectivity index (χ2v) is 9.43. The van der Waals surface area contributed by atoms with Gasteiger partial charge in [0.05, 0.1) is 4.90 Å².